The molecular formula is C16H16N4O2S2. The largest absolute Gasteiger partial charge is 0.376 e. The second-order valence-corrected chi connectivity index (χ2v) is 7.38. The van der Waals surface area contributed by atoms with E-state index < -0.39 is 0 Å². The van der Waals surface area contributed by atoms with Gasteiger partial charge in [0.1, 0.15) is 5.69 Å². The van der Waals surface area contributed by atoms with Gasteiger partial charge < -0.3 is 10.1 Å². The zero-order valence-corrected chi connectivity index (χ0v) is 14.5. The Morgan fingerprint density at radius 2 is 2.21 bits per heavy atom. The summed E-state index contributed by atoms with van der Waals surface area (Å²) >= 11 is 2.88. The molecule has 0 spiro atoms. The number of ether oxygens (including phenoxy) is 1. The summed E-state index contributed by atoms with van der Waals surface area (Å²) in [6, 6.07) is 7.80. The van der Waals surface area contributed by atoms with Crippen molar-refractivity contribution in [2.45, 2.75) is 18.9 Å². The highest BCUT2D eigenvalue weighted by atomic mass is 32.1. The van der Waals surface area contributed by atoms with Crippen molar-refractivity contribution in [2.24, 2.45) is 0 Å². The molecule has 1 aliphatic rings. The molecule has 0 aliphatic carbocycles. The molecular weight excluding hydrogens is 344 g/mol. The number of hydrogen-bond acceptors (Lipinski definition) is 7. The summed E-state index contributed by atoms with van der Waals surface area (Å²) in [6.45, 7) is 1.56. The van der Waals surface area contributed by atoms with Crippen LogP contribution in [0.5, 0.6) is 0 Å². The van der Waals surface area contributed by atoms with Gasteiger partial charge in [0, 0.05) is 18.5 Å². The smallest absolute Gasteiger partial charge is 0.276 e. The fourth-order valence-electron chi connectivity index (χ4n) is 2.55. The maximum atomic E-state index is 12.3. The van der Waals surface area contributed by atoms with Crippen molar-refractivity contribution in [3.05, 3.63) is 35.3 Å². The molecule has 1 aliphatic heterocycles. The summed E-state index contributed by atoms with van der Waals surface area (Å²) in [4.78, 5) is 21.1. The fraction of sp³-hybridized carbons (Fsp3) is 0.312. The Morgan fingerprint density at radius 3 is 3.04 bits per heavy atom. The van der Waals surface area contributed by atoms with Gasteiger partial charge >= 0.3 is 0 Å². The Hall–Kier alpha value is -2.03. The summed E-state index contributed by atoms with van der Waals surface area (Å²) in [7, 11) is 0. The molecule has 0 saturated carbocycles. The molecule has 8 heteroatoms. The third kappa shape index (κ3) is 3.40. The van der Waals surface area contributed by atoms with E-state index in [1.54, 1.807) is 5.38 Å². The Labute approximate surface area is 146 Å². The van der Waals surface area contributed by atoms with Gasteiger partial charge in [0.2, 0.25) is 0 Å². The second-order valence-electron chi connectivity index (χ2n) is 5.49. The molecule has 4 rings (SSSR count). The Bertz CT molecular complexity index is 822. The maximum Gasteiger partial charge on any atom is 0.276 e. The first kappa shape index (κ1) is 15.5. The van der Waals surface area contributed by atoms with E-state index >= 15 is 0 Å². The van der Waals surface area contributed by atoms with Crippen molar-refractivity contribution in [1.29, 1.82) is 0 Å². The van der Waals surface area contributed by atoms with E-state index in [0.29, 0.717) is 10.8 Å². The number of carbonyl (C=O) groups is 1. The second kappa shape index (κ2) is 6.84. The first-order valence-electron chi connectivity index (χ1n) is 7.76. The SMILES string of the molecule is O=C(Nc1nc2ccccc2s1)c1csc(NC[C@@H]2CCCO2)n1. The number of thiazole rings is 2. The van der Waals surface area contributed by atoms with Gasteiger partial charge in [-0.2, -0.15) is 0 Å². The highest BCUT2D eigenvalue weighted by Gasteiger charge is 2.17. The fourth-order valence-corrected chi connectivity index (χ4v) is 4.11. The average Bonchev–Trinajstić information content (AvgIpc) is 3.32. The van der Waals surface area contributed by atoms with Crippen LogP contribution in [0.2, 0.25) is 0 Å². The summed E-state index contributed by atoms with van der Waals surface area (Å²) in [5.74, 6) is -0.240. The number of amides is 1. The highest BCUT2D eigenvalue weighted by Crippen LogP contribution is 2.26. The Kier molecular flexibility index (Phi) is 4.42. The molecule has 1 amide bonds. The van der Waals surface area contributed by atoms with E-state index in [-0.39, 0.29) is 12.0 Å². The molecule has 0 bridgehead atoms. The topological polar surface area (TPSA) is 76.1 Å². The van der Waals surface area contributed by atoms with Crippen molar-refractivity contribution in [2.75, 3.05) is 23.8 Å². The number of hydrogen-bond donors (Lipinski definition) is 2. The minimum Gasteiger partial charge on any atom is -0.376 e. The van der Waals surface area contributed by atoms with Crippen molar-refractivity contribution in [3.63, 3.8) is 0 Å². The molecule has 0 radical (unpaired) electrons. The van der Waals surface area contributed by atoms with Crippen molar-refractivity contribution in [1.82, 2.24) is 9.97 Å². The lowest BCUT2D eigenvalue weighted by Crippen LogP contribution is -2.18. The number of anilines is 2. The van der Waals surface area contributed by atoms with Crippen molar-refractivity contribution >= 4 is 49.1 Å². The zero-order chi connectivity index (χ0) is 16.4. The predicted octanol–water partition coefficient (Wildman–Crippen LogP) is 3.60. The van der Waals surface area contributed by atoms with Crippen LogP contribution in [-0.4, -0.2) is 35.1 Å². The van der Waals surface area contributed by atoms with E-state index in [0.717, 1.165) is 41.3 Å². The Morgan fingerprint density at radius 1 is 1.29 bits per heavy atom. The molecule has 124 valence electrons. The lowest BCUT2D eigenvalue weighted by molar-refractivity contribution is 0.102. The molecule has 3 heterocycles. The molecule has 1 aromatic carbocycles. The summed E-state index contributed by atoms with van der Waals surface area (Å²) < 4.78 is 6.61. The van der Waals surface area contributed by atoms with Crippen LogP contribution < -0.4 is 10.6 Å². The lowest BCUT2D eigenvalue weighted by Gasteiger charge is -2.08. The van der Waals surface area contributed by atoms with E-state index in [4.69, 9.17) is 4.74 Å². The monoisotopic (exact) mass is 360 g/mol. The molecule has 1 fully saturated rings. The molecule has 3 aromatic rings. The van der Waals surface area contributed by atoms with Crippen LogP contribution in [0.15, 0.2) is 29.6 Å². The predicted molar refractivity (Wildman–Crippen MR) is 97.2 cm³/mol. The minimum absolute atomic E-state index is 0.240. The Balaban J connectivity index is 1.39. The quantitative estimate of drug-likeness (QED) is 0.727. The molecule has 6 nitrogen and oxygen atoms in total. The van der Waals surface area contributed by atoms with E-state index in [1.807, 2.05) is 24.3 Å². The molecule has 24 heavy (non-hydrogen) atoms. The number of rotatable bonds is 5. The van der Waals surface area contributed by atoms with Crippen LogP contribution in [0.3, 0.4) is 0 Å². The number of para-hydroxylation sites is 1. The first-order chi connectivity index (χ1) is 11.8. The van der Waals surface area contributed by atoms with E-state index in [1.165, 1.54) is 22.7 Å². The normalized spacial score (nSPS) is 17.2. The van der Waals surface area contributed by atoms with Crippen molar-refractivity contribution in [3.8, 4) is 0 Å². The van der Waals surface area contributed by atoms with Gasteiger partial charge in [-0.25, -0.2) is 9.97 Å². The van der Waals surface area contributed by atoms with Crippen LogP contribution in [0, 0.1) is 0 Å². The van der Waals surface area contributed by atoms with Gasteiger partial charge in [-0.05, 0) is 25.0 Å². The standard InChI is InChI=1S/C16H16N4O2S2/c21-14(20-16-18-11-5-1-2-6-13(11)24-16)12-9-23-15(19-12)17-8-10-4-3-7-22-10/h1-2,5-6,9-10H,3-4,7-8H2,(H,17,19)(H,18,20,21)/t10-/m0/s1. The van der Waals surface area contributed by atoms with E-state index in [9.17, 15) is 4.79 Å². The van der Waals surface area contributed by atoms with Gasteiger partial charge in [0.05, 0.1) is 16.3 Å². The molecule has 0 unspecified atom stereocenters. The van der Waals surface area contributed by atoms with Gasteiger partial charge in [-0.1, -0.05) is 23.5 Å². The third-order valence-electron chi connectivity index (χ3n) is 3.76. The average molecular weight is 360 g/mol. The third-order valence-corrected chi connectivity index (χ3v) is 5.51. The molecule has 2 N–H and O–H groups in total. The molecule has 1 saturated heterocycles. The zero-order valence-electron chi connectivity index (χ0n) is 12.8. The van der Waals surface area contributed by atoms with Gasteiger partial charge in [-0.15, -0.1) is 11.3 Å². The first-order valence-corrected chi connectivity index (χ1v) is 9.45. The van der Waals surface area contributed by atoms with Crippen LogP contribution in [0.4, 0.5) is 10.3 Å². The molecule has 1 atom stereocenters. The van der Waals surface area contributed by atoms with Crippen LogP contribution in [0.1, 0.15) is 23.3 Å². The van der Waals surface area contributed by atoms with Gasteiger partial charge in [0.15, 0.2) is 10.3 Å². The summed E-state index contributed by atoms with van der Waals surface area (Å²) in [5.41, 5.74) is 1.28. The van der Waals surface area contributed by atoms with Gasteiger partial charge in [-0.3, -0.25) is 10.1 Å². The number of fused-ring (bicyclic) bond motifs is 1. The number of benzene rings is 1. The van der Waals surface area contributed by atoms with Crippen LogP contribution >= 0.6 is 22.7 Å². The molecule has 2 aromatic heterocycles. The van der Waals surface area contributed by atoms with E-state index in [2.05, 4.69) is 20.6 Å². The lowest BCUT2D eigenvalue weighted by atomic mass is 10.2. The number of aromatic nitrogens is 2. The van der Waals surface area contributed by atoms with Crippen LogP contribution in [-0.2, 0) is 4.74 Å². The minimum atomic E-state index is -0.240. The number of nitrogens with one attached hydrogen (secondary N) is 2. The highest BCUT2D eigenvalue weighted by molar-refractivity contribution is 7.22. The van der Waals surface area contributed by atoms with Crippen LogP contribution in [0.25, 0.3) is 10.2 Å². The number of nitrogens with zero attached hydrogens (tertiary/aromatic N) is 2. The number of carbonyl (C=O) groups excluding carboxylic acids is 1. The maximum absolute atomic E-state index is 12.3. The van der Waals surface area contributed by atoms with Crippen molar-refractivity contribution < 1.29 is 9.53 Å². The summed E-state index contributed by atoms with van der Waals surface area (Å²) in [5, 5.41) is 9.13. The van der Waals surface area contributed by atoms with Gasteiger partial charge in [0.25, 0.3) is 5.91 Å². The summed E-state index contributed by atoms with van der Waals surface area (Å²) in [6.07, 6.45) is 2.43.